The van der Waals surface area contributed by atoms with Crippen LogP contribution in [0.3, 0.4) is 0 Å². The van der Waals surface area contributed by atoms with Gasteiger partial charge in [-0.15, -0.1) is 0 Å². The van der Waals surface area contributed by atoms with Crippen LogP contribution in [0, 0.1) is 0 Å². The lowest BCUT2D eigenvalue weighted by atomic mass is 10.1. The van der Waals surface area contributed by atoms with Crippen molar-refractivity contribution in [2.75, 3.05) is 12.4 Å². The molecule has 1 aromatic heterocycles. The predicted octanol–water partition coefficient (Wildman–Crippen LogP) is 2.76. The van der Waals surface area contributed by atoms with E-state index in [2.05, 4.69) is 10.4 Å². The van der Waals surface area contributed by atoms with Gasteiger partial charge in [0.15, 0.2) is 5.69 Å². The zero-order chi connectivity index (χ0) is 15.5. The minimum atomic E-state index is -4.54. The molecule has 0 aliphatic heterocycles. The molecule has 21 heavy (non-hydrogen) atoms. The van der Waals surface area contributed by atoms with E-state index in [-0.39, 0.29) is 18.1 Å². The van der Waals surface area contributed by atoms with Gasteiger partial charge in [-0.1, -0.05) is 12.1 Å². The van der Waals surface area contributed by atoms with Gasteiger partial charge in [-0.05, 0) is 18.2 Å². The van der Waals surface area contributed by atoms with Crippen molar-refractivity contribution < 1.29 is 22.7 Å². The van der Waals surface area contributed by atoms with Crippen LogP contribution >= 0.6 is 0 Å². The number of halogens is 3. The smallest absolute Gasteiger partial charge is 0.362 e. The second-order valence-electron chi connectivity index (χ2n) is 4.16. The fourth-order valence-corrected chi connectivity index (χ4v) is 1.71. The van der Waals surface area contributed by atoms with Crippen LogP contribution in [0.1, 0.15) is 16.1 Å². The van der Waals surface area contributed by atoms with E-state index in [0.717, 1.165) is 6.07 Å². The first-order valence-electron chi connectivity index (χ1n) is 5.92. The Morgan fingerprint density at radius 2 is 2.05 bits per heavy atom. The molecule has 2 aromatic rings. The van der Waals surface area contributed by atoms with Gasteiger partial charge in [-0.2, -0.15) is 18.3 Å². The maximum atomic E-state index is 12.8. The van der Waals surface area contributed by atoms with E-state index in [0.29, 0.717) is 0 Å². The first-order valence-corrected chi connectivity index (χ1v) is 5.92. The van der Waals surface area contributed by atoms with Crippen LogP contribution in [0.5, 0.6) is 0 Å². The first-order chi connectivity index (χ1) is 9.91. The summed E-state index contributed by atoms with van der Waals surface area (Å²) in [5.74, 6) is -0.721. The second kappa shape index (κ2) is 5.96. The van der Waals surface area contributed by atoms with Crippen molar-refractivity contribution in [3.8, 4) is 0 Å². The molecule has 0 saturated heterocycles. The van der Waals surface area contributed by atoms with Crippen LogP contribution in [0.2, 0.25) is 0 Å². The van der Waals surface area contributed by atoms with Gasteiger partial charge in [0.2, 0.25) is 0 Å². The molecule has 1 aromatic carbocycles. The number of alkyl halides is 3. The third kappa shape index (κ3) is 3.60. The Bertz CT molecular complexity index is 638. The van der Waals surface area contributed by atoms with Crippen molar-refractivity contribution in [3.63, 3.8) is 0 Å². The van der Waals surface area contributed by atoms with Crippen molar-refractivity contribution in [3.05, 3.63) is 47.8 Å². The summed E-state index contributed by atoms with van der Waals surface area (Å²) in [5, 5.41) is 6.10. The summed E-state index contributed by atoms with van der Waals surface area (Å²) in [4.78, 5) is 11.9. The van der Waals surface area contributed by atoms with Crippen LogP contribution in [0.15, 0.2) is 36.5 Å². The van der Waals surface area contributed by atoms with Crippen molar-refractivity contribution in [1.82, 2.24) is 9.78 Å². The highest BCUT2D eigenvalue weighted by molar-refractivity contribution is 6.03. The van der Waals surface area contributed by atoms with Crippen LogP contribution in [-0.2, 0) is 17.6 Å². The highest BCUT2D eigenvalue weighted by Crippen LogP contribution is 2.34. The number of para-hydroxylation sites is 1. The number of benzene rings is 1. The number of rotatable bonds is 4. The number of aromatic nitrogens is 2. The predicted molar refractivity (Wildman–Crippen MR) is 68.6 cm³/mol. The zero-order valence-corrected chi connectivity index (χ0v) is 11.0. The van der Waals surface area contributed by atoms with Gasteiger partial charge in [-0.25, -0.2) is 4.68 Å². The van der Waals surface area contributed by atoms with Crippen molar-refractivity contribution >= 4 is 11.6 Å². The Kier molecular flexibility index (Phi) is 4.27. The molecule has 1 N–H and O–H groups in total. The number of nitrogens with zero attached hydrogens (tertiary/aromatic N) is 2. The minimum absolute atomic E-state index is 0.00373. The molecule has 5 nitrogen and oxygen atoms in total. The number of methoxy groups -OCH3 is 1. The molecule has 0 saturated carbocycles. The Balaban J connectivity index is 2.19. The molecule has 1 heterocycles. The van der Waals surface area contributed by atoms with E-state index in [1.807, 2.05) is 0 Å². The topological polar surface area (TPSA) is 56.1 Å². The summed E-state index contributed by atoms with van der Waals surface area (Å²) < 4.78 is 44.6. The van der Waals surface area contributed by atoms with Crippen molar-refractivity contribution in [2.24, 2.45) is 0 Å². The normalized spacial score (nSPS) is 11.4. The van der Waals surface area contributed by atoms with Gasteiger partial charge in [0.25, 0.3) is 5.91 Å². The molecule has 0 atom stereocenters. The SMILES string of the molecule is COCn1ccc(C(=O)Nc2ccccc2C(F)(F)F)n1. The second-order valence-corrected chi connectivity index (χ2v) is 4.16. The molecule has 0 fully saturated rings. The van der Waals surface area contributed by atoms with Gasteiger partial charge < -0.3 is 10.1 Å². The van der Waals surface area contributed by atoms with E-state index in [1.54, 1.807) is 0 Å². The van der Waals surface area contributed by atoms with Crippen molar-refractivity contribution in [2.45, 2.75) is 12.9 Å². The summed E-state index contributed by atoms with van der Waals surface area (Å²) in [6.07, 6.45) is -3.05. The standard InChI is InChI=1S/C13H12F3N3O2/c1-21-8-19-7-6-11(18-19)12(20)17-10-5-3-2-4-9(10)13(14,15)16/h2-7H,8H2,1H3,(H,17,20). The Hall–Kier alpha value is -2.35. The molecule has 112 valence electrons. The van der Waals surface area contributed by atoms with Crippen LogP contribution in [0.25, 0.3) is 0 Å². The number of amides is 1. The van der Waals surface area contributed by atoms with E-state index in [4.69, 9.17) is 4.74 Å². The van der Waals surface area contributed by atoms with Crippen LogP contribution in [0.4, 0.5) is 18.9 Å². The summed E-state index contributed by atoms with van der Waals surface area (Å²) in [6, 6.07) is 6.15. The number of carbonyl (C=O) groups excluding carboxylic acids is 1. The maximum absolute atomic E-state index is 12.8. The quantitative estimate of drug-likeness (QED) is 0.944. The molecule has 2 rings (SSSR count). The summed E-state index contributed by atoms with van der Waals surface area (Å²) >= 11 is 0. The Labute approximate surface area is 118 Å². The lowest BCUT2D eigenvalue weighted by Crippen LogP contribution is -2.17. The van der Waals surface area contributed by atoms with E-state index < -0.39 is 17.6 Å². The van der Waals surface area contributed by atoms with Crippen molar-refractivity contribution in [1.29, 1.82) is 0 Å². The fourth-order valence-electron chi connectivity index (χ4n) is 1.71. The van der Waals surface area contributed by atoms with Gasteiger partial charge in [-0.3, -0.25) is 4.79 Å². The van der Waals surface area contributed by atoms with Crippen LogP contribution in [-0.4, -0.2) is 22.8 Å². The molecule has 0 aliphatic carbocycles. The first kappa shape index (κ1) is 15.0. The molecule has 1 amide bonds. The number of anilines is 1. The molecule has 0 spiro atoms. The molecule has 0 radical (unpaired) electrons. The number of nitrogens with one attached hydrogen (secondary N) is 1. The third-order valence-electron chi connectivity index (χ3n) is 2.62. The number of hydrogen-bond donors (Lipinski definition) is 1. The maximum Gasteiger partial charge on any atom is 0.418 e. The fraction of sp³-hybridized carbons (Fsp3) is 0.231. The molecule has 0 unspecified atom stereocenters. The zero-order valence-electron chi connectivity index (χ0n) is 11.0. The van der Waals surface area contributed by atoms with Crippen LogP contribution < -0.4 is 5.32 Å². The highest BCUT2D eigenvalue weighted by Gasteiger charge is 2.33. The summed E-state index contributed by atoms with van der Waals surface area (Å²) in [5.41, 5.74) is -1.21. The summed E-state index contributed by atoms with van der Waals surface area (Å²) in [6.45, 7) is 0.145. The molecular weight excluding hydrogens is 287 g/mol. The molecule has 8 heteroatoms. The lowest BCUT2D eigenvalue weighted by molar-refractivity contribution is -0.136. The molecular formula is C13H12F3N3O2. The summed E-state index contributed by atoms with van der Waals surface area (Å²) in [7, 11) is 1.46. The van der Waals surface area contributed by atoms with E-state index >= 15 is 0 Å². The van der Waals surface area contributed by atoms with Gasteiger partial charge >= 0.3 is 6.18 Å². The Morgan fingerprint density at radius 3 is 2.71 bits per heavy atom. The Morgan fingerprint density at radius 1 is 1.33 bits per heavy atom. The number of ether oxygens (including phenoxy) is 1. The monoisotopic (exact) mass is 299 g/mol. The highest BCUT2D eigenvalue weighted by atomic mass is 19.4. The van der Waals surface area contributed by atoms with Gasteiger partial charge in [0.1, 0.15) is 6.73 Å². The van der Waals surface area contributed by atoms with E-state index in [1.165, 1.54) is 42.3 Å². The average Bonchev–Trinajstić information content (AvgIpc) is 2.87. The molecule has 0 bridgehead atoms. The number of hydrogen-bond acceptors (Lipinski definition) is 3. The van der Waals surface area contributed by atoms with Gasteiger partial charge in [0.05, 0.1) is 11.3 Å². The molecule has 0 aliphatic rings. The minimum Gasteiger partial charge on any atom is -0.362 e. The number of carbonyl (C=O) groups is 1. The third-order valence-corrected chi connectivity index (χ3v) is 2.62. The average molecular weight is 299 g/mol. The van der Waals surface area contributed by atoms with E-state index in [9.17, 15) is 18.0 Å². The van der Waals surface area contributed by atoms with Gasteiger partial charge in [0, 0.05) is 13.3 Å². The lowest BCUT2D eigenvalue weighted by Gasteiger charge is -2.12. The largest absolute Gasteiger partial charge is 0.418 e.